The Bertz CT molecular complexity index is 753. The molecule has 7 heteroatoms. The Kier molecular flexibility index (Phi) is 4.79. The molecule has 0 spiro atoms. The number of anilines is 1. The molecule has 0 saturated heterocycles. The van der Waals surface area contributed by atoms with Gasteiger partial charge in [0.1, 0.15) is 5.75 Å². The lowest BCUT2D eigenvalue weighted by atomic mass is 10.3. The Balaban J connectivity index is 2.27. The highest BCUT2D eigenvalue weighted by molar-refractivity contribution is 7.91. The lowest BCUT2D eigenvalue weighted by Crippen LogP contribution is -2.21. The van der Waals surface area contributed by atoms with Crippen molar-refractivity contribution in [2.45, 2.75) is 9.79 Å². The van der Waals surface area contributed by atoms with Crippen molar-refractivity contribution in [3.8, 4) is 5.75 Å². The lowest BCUT2D eigenvalue weighted by molar-refractivity contribution is -0.114. The standard InChI is InChI=1S/C15H16N2O4S/c1-21-12-4-8-14(9-5-12)22(19,20)13-6-2-11(3-7-13)17-15(18)10-16/h2-9H,10,16H2,1H3,(H,17,18). The minimum absolute atomic E-state index is 0.133. The average molecular weight is 320 g/mol. The van der Waals surface area contributed by atoms with E-state index in [0.717, 1.165) is 0 Å². The van der Waals surface area contributed by atoms with E-state index in [-0.39, 0.29) is 22.2 Å². The van der Waals surface area contributed by atoms with Crippen LogP contribution in [0.25, 0.3) is 0 Å². The molecule has 0 aromatic heterocycles. The lowest BCUT2D eigenvalue weighted by Gasteiger charge is -2.07. The van der Waals surface area contributed by atoms with E-state index in [1.807, 2.05) is 0 Å². The first-order valence-corrected chi connectivity index (χ1v) is 7.95. The average Bonchev–Trinajstić information content (AvgIpc) is 2.55. The number of hydrogen-bond donors (Lipinski definition) is 2. The zero-order valence-electron chi connectivity index (χ0n) is 11.9. The van der Waals surface area contributed by atoms with Crippen LogP contribution in [0.15, 0.2) is 58.3 Å². The number of hydrogen-bond acceptors (Lipinski definition) is 5. The molecular weight excluding hydrogens is 304 g/mol. The first kappa shape index (κ1) is 16.0. The quantitative estimate of drug-likeness (QED) is 0.868. The molecule has 6 nitrogen and oxygen atoms in total. The molecule has 0 aliphatic rings. The molecule has 0 fully saturated rings. The summed E-state index contributed by atoms with van der Waals surface area (Å²) in [6, 6.07) is 12.0. The third-order valence-electron chi connectivity index (χ3n) is 3.00. The molecule has 0 saturated carbocycles. The molecule has 0 radical (unpaired) electrons. The van der Waals surface area contributed by atoms with E-state index in [1.165, 1.54) is 43.5 Å². The monoisotopic (exact) mass is 320 g/mol. The molecule has 0 atom stereocenters. The molecule has 116 valence electrons. The fourth-order valence-electron chi connectivity index (χ4n) is 1.82. The summed E-state index contributed by atoms with van der Waals surface area (Å²) < 4.78 is 30.0. The van der Waals surface area contributed by atoms with Crippen molar-refractivity contribution in [2.24, 2.45) is 5.73 Å². The number of methoxy groups -OCH3 is 1. The number of carbonyl (C=O) groups excluding carboxylic acids is 1. The maximum atomic E-state index is 12.5. The van der Waals surface area contributed by atoms with E-state index in [1.54, 1.807) is 12.1 Å². The van der Waals surface area contributed by atoms with Gasteiger partial charge in [-0.1, -0.05) is 0 Å². The van der Waals surface area contributed by atoms with Crippen LogP contribution in [0, 0.1) is 0 Å². The highest BCUT2D eigenvalue weighted by Crippen LogP contribution is 2.24. The van der Waals surface area contributed by atoms with E-state index >= 15 is 0 Å². The Labute approximate surface area is 128 Å². The largest absolute Gasteiger partial charge is 0.497 e. The van der Waals surface area contributed by atoms with Crippen molar-refractivity contribution in [3.05, 3.63) is 48.5 Å². The van der Waals surface area contributed by atoms with E-state index in [4.69, 9.17) is 10.5 Å². The van der Waals surface area contributed by atoms with Crippen LogP contribution in [0.5, 0.6) is 5.75 Å². The molecule has 0 heterocycles. The summed E-state index contributed by atoms with van der Waals surface area (Å²) in [6.45, 7) is -0.133. The van der Waals surface area contributed by atoms with Gasteiger partial charge in [0.25, 0.3) is 0 Å². The van der Waals surface area contributed by atoms with Crippen LogP contribution < -0.4 is 15.8 Å². The van der Waals surface area contributed by atoms with Gasteiger partial charge in [-0.05, 0) is 48.5 Å². The van der Waals surface area contributed by atoms with Gasteiger partial charge in [0.05, 0.1) is 23.4 Å². The summed E-state index contributed by atoms with van der Waals surface area (Å²) in [4.78, 5) is 11.5. The number of nitrogens with one attached hydrogen (secondary N) is 1. The second-order valence-electron chi connectivity index (χ2n) is 4.46. The molecule has 22 heavy (non-hydrogen) atoms. The number of benzene rings is 2. The van der Waals surface area contributed by atoms with Crippen LogP contribution in [0.4, 0.5) is 5.69 Å². The van der Waals surface area contributed by atoms with Crippen molar-refractivity contribution in [1.82, 2.24) is 0 Å². The summed E-state index contributed by atoms with van der Waals surface area (Å²) in [5, 5.41) is 2.55. The smallest absolute Gasteiger partial charge is 0.238 e. The van der Waals surface area contributed by atoms with Gasteiger partial charge in [-0.2, -0.15) is 0 Å². The summed E-state index contributed by atoms with van der Waals surface area (Å²) in [6.07, 6.45) is 0. The maximum absolute atomic E-state index is 12.5. The van der Waals surface area contributed by atoms with Crippen LogP contribution in [-0.2, 0) is 14.6 Å². The highest BCUT2D eigenvalue weighted by Gasteiger charge is 2.17. The van der Waals surface area contributed by atoms with Gasteiger partial charge in [0, 0.05) is 5.69 Å². The van der Waals surface area contributed by atoms with Gasteiger partial charge >= 0.3 is 0 Å². The van der Waals surface area contributed by atoms with Crippen LogP contribution in [0.1, 0.15) is 0 Å². The summed E-state index contributed by atoms with van der Waals surface area (Å²) in [5.41, 5.74) is 5.69. The molecule has 1 amide bonds. The number of rotatable bonds is 5. The van der Waals surface area contributed by atoms with Gasteiger partial charge in [0.15, 0.2) is 0 Å². The Morgan fingerprint density at radius 2 is 1.55 bits per heavy atom. The first-order valence-electron chi connectivity index (χ1n) is 6.46. The van der Waals surface area contributed by atoms with Crippen LogP contribution in [0.2, 0.25) is 0 Å². The Hall–Kier alpha value is -2.38. The zero-order valence-corrected chi connectivity index (χ0v) is 12.8. The van der Waals surface area contributed by atoms with E-state index < -0.39 is 9.84 Å². The fourth-order valence-corrected chi connectivity index (χ4v) is 3.08. The molecule has 3 N–H and O–H groups in total. The minimum Gasteiger partial charge on any atom is -0.497 e. The molecule has 2 aromatic rings. The van der Waals surface area contributed by atoms with E-state index in [0.29, 0.717) is 11.4 Å². The highest BCUT2D eigenvalue weighted by atomic mass is 32.2. The molecule has 0 aliphatic heterocycles. The second kappa shape index (κ2) is 6.59. The van der Waals surface area contributed by atoms with E-state index in [2.05, 4.69) is 5.32 Å². The third kappa shape index (κ3) is 3.44. The predicted octanol–water partition coefficient (Wildman–Crippen LogP) is 1.43. The molecule has 2 rings (SSSR count). The van der Waals surface area contributed by atoms with Gasteiger partial charge in [-0.3, -0.25) is 4.79 Å². The number of ether oxygens (including phenoxy) is 1. The second-order valence-corrected chi connectivity index (χ2v) is 6.41. The number of carbonyl (C=O) groups is 1. The Morgan fingerprint density at radius 3 is 2.00 bits per heavy atom. The molecule has 0 unspecified atom stereocenters. The zero-order chi connectivity index (χ0) is 16.2. The van der Waals surface area contributed by atoms with Crippen LogP contribution >= 0.6 is 0 Å². The van der Waals surface area contributed by atoms with Crippen molar-refractivity contribution in [3.63, 3.8) is 0 Å². The van der Waals surface area contributed by atoms with E-state index in [9.17, 15) is 13.2 Å². The van der Waals surface area contributed by atoms with Gasteiger partial charge < -0.3 is 15.8 Å². The van der Waals surface area contributed by atoms with Crippen molar-refractivity contribution in [2.75, 3.05) is 19.0 Å². The number of amides is 1. The van der Waals surface area contributed by atoms with Gasteiger partial charge in [0.2, 0.25) is 15.7 Å². The van der Waals surface area contributed by atoms with Crippen molar-refractivity contribution < 1.29 is 17.9 Å². The summed E-state index contributed by atoms with van der Waals surface area (Å²) in [5.74, 6) is 0.240. The first-order chi connectivity index (χ1) is 10.5. The third-order valence-corrected chi connectivity index (χ3v) is 4.79. The van der Waals surface area contributed by atoms with Gasteiger partial charge in [-0.15, -0.1) is 0 Å². The SMILES string of the molecule is COc1ccc(S(=O)(=O)c2ccc(NC(=O)CN)cc2)cc1. The maximum Gasteiger partial charge on any atom is 0.238 e. The van der Waals surface area contributed by atoms with Crippen molar-refractivity contribution in [1.29, 1.82) is 0 Å². The predicted molar refractivity (Wildman–Crippen MR) is 82.6 cm³/mol. The molecular formula is C15H16N2O4S. The molecule has 0 aliphatic carbocycles. The van der Waals surface area contributed by atoms with Crippen LogP contribution in [0.3, 0.4) is 0 Å². The van der Waals surface area contributed by atoms with Crippen molar-refractivity contribution >= 4 is 21.4 Å². The fraction of sp³-hybridized carbons (Fsp3) is 0.133. The van der Waals surface area contributed by atoms with Gasteiger partial charge in [-0.25, -0.2) is 8.42 Å². The summed E-state index contributed by atoms with van der Waals surface area (Å²) >= 11 is 0. The number of sulfone groups is 1. The number of nitrogens with two attached hydrogens (primary N) is 1. The minimum atomic E-state index is -3.61. The van der Waals surface area contributed by atoms with Crippen LogP contribution in [-0.4, -0.2) is 28.0 Å². The molecule has 0 bridgehead atoms. The molecule has 2 aromatic carbocycles. The topological polar surface area (TPSA) is 98.5 Å². The normalized spacial score (nSPS) is 11.0. The summed E-state index contributed by atoms with van der Waals surface area (Å²) in [7, 11) is -2.10. The Morgan fingerprint density at radius 1 is 1.05 bits per heavy atom.